The molecule has 2 aliphatic heterocycles. The molecule has 4 rings (SSSR count). The molecule has 8 heteroatoms. The van der Waals surface area contributed by atoms with Crippen molar-refractivity contribution in [2.24, 2.45) is 17.3 Å². The van der Waals surface area contributed by atoms with E-state index in [2.05, 4.69) is 9.97 Å². The van der Waals surface area contributed by atoms with Gasteiger partial charge in [0.2, 0.25) is 11.9 Å². The fourth-order valence-corrected chi connectivity index (χ4v) is 4.90. The van der Waals surface area contributed by atoms with Crippen LogP contribution in [-0.4, -0.2) is 70.7 Å². The Labute approximate surface area is 164 Å². The van der Waals surface area contributed by atoms with E-state index in [1.165, 1.54) is 0 Å². The largest absolute Gasteiger partial charge is 0.466 e. The van der Waals surface area contributed by atoms with Gasteiger partial charge in [-0.15, -0.1) is 0 Å². The summed E-state index contributed by atoms with van der Waals surface area (Å²) in [6.07, 6.45) is 5.60. The molecule has 3 fully saturated rings. The highest BCUT2D eigenvalue weighted by Crippen LogP contribution is 2.45. The molecule has 1 aliphatic carbocycles. The van der Waals surface area contributed by atoms with Crippen LogP contribution in [0.25, 0.3) is 0 Å². The quantitative estimate of drug-likeness (QED) is 0.764. The molecule has 3 aliphatic rings. The molecule has 2 atom stereocenters. The second kappa shape index (κ2) is 7.66. The number of anilines is 1. The SMILES string of the molecule is CCOC(=O)[C@]12CCCN(C(=O)C3CC(O)C3)C[C@H]1CN(c1ncccn1)C2. The number of amides is 1. The van der Waals surface area contributed by atoms with E-state index in [9.17, 15) is 14.7 Å². The van der Waals surface area contributed by atoms with Crippen LogP contribution in [0.5, 0.6) is 0 Å². The summed E-state index contributed by atoms with van der Waals surface area (Å²) in [6.45, 7) is 4.51. The van der Waals surface area contributed by atoms with Crippen molar-refractivity contribution in [3.63, 3.8) is 0 Å². The van der Waals surface area contributed by atoms with Crippen molar-refractivity contribution in [3.05, 3.63) is 18.5 Å². The lowest BCUT2D eigenvalue weighted by Gasteiger charge is -2.36. The summed E-state index contributed by atoms with van der Waals surface area (Å²) >= 11 is 0. The second-order valence-corrected chi connectivity index (χ2v) is 8.21. The van der Waals surface area contributed by atoms with Gasteiger partial charge >= 0.3 is 5.97 Å². The predicted molar refractivity (Wildman–Crippen MR) is 101 cm³/mol. The van der Waals surface area contributed by atoms with Crippen molar-refractivity contribution in [1.29, 1.82) is 0 Å². The first-order chi connectivity index (χ1) is 13.5. The zero-order valence-corrected chi connectivity index (χ0v) is 16.3. The Hall–Kier alpha value is -2.22. The van der Waals surface area contributed by atoms with Crippen LogP contribution in [0.15, 0.2) is 18.5 Å². The first-order valence-electron chi connectivity index (χ1n) is 10.2. The van der Waals surface area contributed by atoms with Gasteiger partial charge in [-0.3, -0.25) is 9.59 Å². The molecule has 1 amide bonds. The molecule has 3 heterocycles. The molecule has 1 N–H and O–H groups in total. The van der Waals surface area contributed by atoms with Crippen molar-refractivity contribution in [2.45, 2.75) is 38.7 Å². The lowest BCUT2D eigenvalue weighted by molar-refractivity contribution is -0.157. The minimum Gasteiger partial charge on any atom is -0.466 e. The normalized spacial score (nSPS) is 32.3. The number of rotatable bonds is 4. The second-order valence-electron chi connectivity index (χ2n) is 8.21. The predicted octanol–water partition coefficient (Wildman–Crippen LogP) is 0.856. The third-order valence-corrected chi connectivity index (χ3v) is 6.48. The number of ether oxygens (including phenoxy) is 1. The maximum absolute atomic E-state index is 13.0. The van der Waals surface area contributed by atoms with Crippen LogP contribution in [0.1, 0.15) is 32.6 Å². The molecule has 0 spiro atoms. The van der Waals surface area contributed by atoms with E-state index in [0.29, 0.717) is 58.0 Å². The summed E-state index contributed by atoms with van der Waals surface area (Å²) in [6, 6.07) is 1.77. The third kappa shape index (κ3) is 3.34. The van der Waals surface area contributed by atoms with Crippen LogP contribution in [0.4, 0.5) is 5.95 Å². The topological polar surface area (TPSA) is 95.9 Å². The average Bonchev–Trinajstić information content (AvgIpc) is 2.95. The van der Waals surface area contributed by atoms with E-state index in [4.69, 9.17) is 4.74 Å². The number of carbonyl (C=O) groups excluding carboxylic acids is 2. The van der Waals surface area contributed by atoms with Crippen molar-refractivity contribution >= 4 is 17.8 Å². The lowest BCUT2D eigenvalue weighted by Crippen LogP contribution is -2.47. The molecule has 1 aromatic heterocycles. The Kier molecular flexibility index (Phi) is 5.23. The lowest BCUT2D eigenvalue weighted by atomic mass is 9.75. The van der Waals surface area contributed by atoms with E-state index in [0.717, 1.165) is 6.42 Å². The maximum atomic E-state index is 13.0. The van der Waals surface area contributed by atoms with E-state index < -0.39 is 5.41 Å². The van der Waals surface area contributed by atoms with Crippen LogP contribution in [-0.2, 0) is 14.3 Å². The number of hydrogen-bond acceptors (Lipinski definition) is 7. The molecule has 1 saturated carbocycles. The Morgan fingerprint density at radius 3 is 2.71 bits per heavy atom. The number of fused-ring (bicyclic) bond motifs is 1. The maximum Gasteiger partial charge on any atom is 0.314 e. The number of aromatic nitrogens is 2. The molecule has 0 unspecified atom stereocenters. The Bertz CT molecular complexity index is 724. The average molecular weight is 388 g/mol. The monoisotopic (exact) mass is 388 g/mol. The fourth-order valence-electron chi connectivity index (χ4n) is 4.90. The molecule has 0 bridgehead atoms. The minimum absolute atomic E-state index is 0.0215. The molecule has 152 valence electrons. The van der Waals surface area contributed by atoms with Gasteiger partial charge in [-0.25, -0.2) is 9.97 Å². The summed E-state index contributed by atoms with van der Waals surface area (Å²) in [5, 5.41) is 9.55. The fraction of sp³-hybridized carbons (Fsp3) is 0.700. The van der Waals surface area contributed by atoms with E-state index in [-0.39, 0.29) is 29.8 Å². The number of hydrogen-bond donors (Lipinski definition) is 1. The van der Waals surface area contributed by atoms with E-state index in [1.54, 1.807) is 18.5 Å². The summed E-state index contributed by atoms with van der Waals surface area (Å²) in [7, 11) is 0. The summed E-state index contributed by atoms with van der Waals surface area (Å²) in [5.74, 6) is 0.442. The zero-order valence-electron chi connectivity index (χ0n) is 16.3. The number of aliphatic hydroxyl groups is 1. The van der Waals surface area contributed by atoms with Crippen LogP contribution in [0.2, 0.25) is 0 Å². The van der Waals surface area contributed by atoms with Crippen LogP contribution in [0.3, 0.4) is 0 Å². The first kappa shape index (κ1) is 19.1. The van der Waals surface area contributed by atoms with Gasteiger partial charge in [-0.2, -0.15) is 0 Å². The van der Waals surface area contributed by atoms with Gasteiger partial charge in [0.05, 0.1) is 18.1 Å². The third-order valence-electron chi connectivity index (χ3n) is 6.48. The van der Waals surface area contributed by atoms with Gasteiger partial charge in [0, 0.05) is 50.4 Å². The molecule has 0 aromatic carbocycles. The molecule has 1 aromatic rings. The van der Waals surface area contributed by atoms with Gasteiger partial charge in [0.25, 0.3) is 0 Å². The van der Waals surface area contributed by atoms with Crippen molar-refractivity contribution in [3.8, 4) is 0 Å². The number of esters is 1. The first-order valence-corrected chi connectivity index (χ1v) is 10.2. The van der Waals surface area contributed by atoms with Gasteiger partial charge < -0.3 is 19.6 Å². The van der Waals surface area contributed by atoms with Gasteiger partial charge in [0.1, 0.15) is 0 Å². The number of nitrogens with zero attached hydrogens (tertiary/aromatic N) is 4. The summed E-state index contributed by atoms with van der Waals surface area (Å²) in [5.41, 5.74) is -0.636. The molecular formula is C20H28N4O4. The minimum atomic E-state index is -0.636. The molecule has 0 radical (unpaired) electrons. The van der Waals surface area contributed by atoms with Gasteiger partial charge in [-0.05, 0) is 38.7 Å². The summed E-state index contributed by atoms with van der Waals surface area (Å²) < 4.78 is 5.47. The standard InChI is InChI=1S/C20H28N4O4/c1-2-28-18(27)20-5-3-8-23(17(26)14-9-16(25)10-14)11-15(20)12-24(13-20)19-21-6-4-7-22-19/h4,6-7,14-16,25H,2-3,5,8-13H2,1H3/t14?,15-,16?,20-/m0/s1. The van der Waals surface area contributed by atoms with Crippen molar-refractivity contribution in [1.82, 2.24) is 14.9 Å². The van der Waals surface area contributed by atoms with Crippen LogP contribution < -0.4 is 4.90 Å². The summed E-state index contributed by atoms with van der Waals surface area (Å²) in [4.78, 5) is 38.5. The molecule has 2 saturated heterocycles. The molecule has 28 heavy (non-hydrogen) atoms. The van der Waals surface area contributed by atoms with E-state index in [1.807, 2.05) is 16.7 Å². The highest BCUT2D eigenvalue weighted by atomic mass is 16.5. The Morgan fingerprint density at radius 1 is 1.29 bits per heavy atom. The zero-order chi connectivity index (χ0) is 19.7. The number of carbonyl (C=O) groups is 2. The van der Waals surface area contributed by atoms with Crippen molar-refractivity contribution < 1.29 is 19.4 Å². The molecule has 8 nitrogen and oxygen atoms in total. The Balaban J connectivity index is 1.57. The highest BCUT2D eigenvalue weighted by Gasteiger charge is 2.55. The van der Waals surface area contributed by atoms with Crippen LogP contribution in [0, 0.1) is 17.3 Å². The Morgan fingerprint density at radius 2 is 2.04 bits per heavy atom. The van der Waals surface area contributed by atoms with Gasteiger partial charge in [0.15, 0.2) is 0 Å². The van der Waals surface area contributed by atoms with Crippen molar-refractivity contribution in [2.75, 3.05) is 37.7 Å². The van der Waals surface area contributed by atoms with Crippen LogP contribution >= 0.6 is 0 Å². The van der Waals surface area contributed by atoms with Gasteiger partial charge in [-0.1, -0.05) is 0 Å². The number of likely N-dealkylation sites (tertiary alicyclic amines) is 1. The highest BCUT2D eigenvalue weighted by molar-refractivity contribution is 5.82. The molecular weight excluding hydrogens is 360 g/mol. The smallest absolute Gasteiger partial charge is 0.314 e. The van der Waals surface area contributed by atoms with E-state index >= 15 is 0 Å². The number of aliphatic hydroxyl groups excluding tert-OH is 1.